The number of rotatable bonds is 6. The van der Waals surface area contributed by atoms with Gasteiger partial charge in [-0.05, 0) is 25.7 Å². The average molecular weight is 259 g/mol. The van der Waals surface area contributed by atoms with Crippen molar-refractivity contribution in [2.75, 3.05) is 11.9 Å². The van der Waals surface area contributed by atoms with Gasteiger partial charge in [-0.2, -0.15) is 5.10 Å². The van der Waals surface area contributed by atoms with E-state index in [-0.39, 0.29) is 5.41 Å². The van der Waals surface area contributed by atoms with Gasteiger partial charge in [0.25, 0.3) is 0 Å². The minimum atomic E-state index is 0.244. The normalized spacial score (nSPS) is 11.8. The second-order valence-electron chi connectivity index (χ2n) is 5.54. The van der Waals surface area contributed by atoms with E-state index in [9.17, 15) is 0 Å². The van der Waals surface area contributed by atoms with Crippen LogP contribution >= 0.6 is 0 Å². The second kappa shape index (κ2) is 6.50. The maximum Gasteiger partial charge on any atom is 0.156 e. The highest BCUT2D eigenvalue weighted by molar-refractivity contribution is 5.73. The summed E-state index contributed by atoms with van der Waals surface area (Å²) < 4.78 is 0. The van der Waals surface area contributed by atoms with Gasteiger partial charge in [-0.1, -0.05) is 45.6 Å². The molecule has 0 aromatic carbocycles. The lowest BCUT2D eigenvalue weighted by Crippen LogP contribution is -2.23. The highest BCUT2D eigenvalue weighted by Gasteiger charge is 2.17. The summed E-state index contributed by atoms with van der Waals surface area (Å²) in [6, 6.07) is 0. The lowest BCUT2D eigenvalue weighted by molar-refractivity contribution is 0.376. The van der Waals surface area contributed by atoms with Crippen LogP contribution in [-0.2, 0) is 0 Å². The first-order valence-electron chi connectivity index (χ1n) is 6.81. The van der Waals surface area contributed by atoms with Crippen LogP contribution in [0.15, 0.2) is 12.7 Å². The third-order valence-corrected chi connectivity index (χ3v) is 3.46. The molecule has 1 aromatic heterocycles. The van der Waals surface area contributed by atoms with Crippen LogP contribution < -0.4 is 5.32 Å². The van der Waals surface area contributed by atoms with Crippen molar-refractivity contribution < 1.29 is 0 Å². The van der Waals surface area contributed by atoms with Gasteiger partial charge in [0, 0.05) is 17.7 Å². The maximum atomic E-state index is 4.28. The average Bonchev–Trinajstić information content (AvgIpc) is 2.38. The molecule has 0 atom stereocenters. The molecule has 3 nitrogen and oxygen atoms in total. The van der Waals surface area contributed by atoms with Gasteiger partial charge in [0.2, 0.25) is 0 Å². The van der Waals surface area contributed by atoms with Gasteiger partial charge < -0.3 is 5.32 Å². The predicted octanol–water partition coefficient (Wildman–Crippen LogP) is 4.31. The van der Waals surface area contributed by atoms with Crippen molar-refractivity contribution >= 4 is 18.0 Å². The molecule has 0 fully saturated rings. The van der Waals surface area contributed by atoms with Crippen molar-refractivity contribution in [1.82, 2.24) is 10.2 Å². The molecule has 104 valence electrons. The molecular weight excluding hydrogens is 234 g/mol. The van der Waals surface area contributed by atoms with E-state index in [1.165, 1.54) is 0 Å². The molecule has 0 aliphatic carbocycles. The lowest BCUT2D eigenvalue weighted by atomic mass is 9.90. The van der Waals surface area contributed by atoms with Crippen molar-refractivity contribution in [1.29, 1.82) is 0 Å². The number of hydrogen-bond donors (Lipinski definition) is 1. The summed E-state index contributed by atoms with van der Waals surface area (Å²) in [5.74, 6) is 0.833. The standard InChI is InChI=1S/C16H25N3/c1-7-10-14-13(8-2)12(4)18-19-15(14)17-11-16(5,6)9-3/h7-8,10H,2,9,11H2,1,3-6H3,(H,17,19)/b10-7-. The number of allylic oxidation sites excluding steroid dienone is 1. The molecule has 0 amide bonds. The molecule has 0 aliphatic rings. The molecule has 0 radical (unpaired) electrons. The summed E-state index contributed by atoms with van der Waals surface area (Å²) in [6.45, 7) is 15.4. The van der Waals surface area contributed by atoms with Crippen LogP contribution in [0.1, 0.15) is 50.9 Å². The van der Waals surface area contributed by atoms with Crippen LogP contribution in [0.2, 0.25) is 0 Å². The highest BCUT2D eigenvalue weighted by atomic mass is 15.2. The Morgan fingerprint density at radius 2 is 1.95 bits per heavy atom. The van der Waals surface area contributed by atoms with Crippen molar-refractivity contribution in [3.8, 4) is 0 Å². The smallest absolute Gasteiger partial charge is 0.156 e. The van der Waals surface area contributed by atoms with E-state index in [1.807, 2.05) is 26.0 Å². The van der Waals surface area contributed by atoms with Gasteiger partial charge >= 0.3 is 0 Å². The fourth-order valence-corrected chi connectivity index (χ4v) is 1.73. The van der Waals surface area contributed by atoms with Crippen LogP contribution in [0.3, 0.4) is 0 Å². The van der Waals surface area contributed by atoms with E-state index in [2.05, 4.69) is 48.9 Å². The van der Waals surface area contributed by atoms with E-state index in [4.69, 9.17) is 0 Å². The molecular formula is C16H25N3. The summed E-state index contributed by atoms with van der Waals surface area (Å²) in [4.78, 5) is 0. The van der Waals surface area contributed by atoms with Crippen molar-refractivity contribution in [2.45, 2.75) is 41.0 Å². The van der Waals surface area contributed by atoms with Crippen molar-refractivity contribution in [3.05, 3.63) is 29.5 Å². The first-order valence-corrected chi connectivity index (χ1v) is 6.81. The number of anilines is 1. The minimum absolute atomic E-state index is 0.244. The quantitative estimate of drug-likeness (QED) is 0.827. The summed E-state index contributed by atoms with van der Waals surface area (Å²) in [6.07, 6.45) is 7.03. The molecule has 1 rings (SSSR count). The van der Waals surface area contributed by atoms with E-state index < -0.39 is 0 Å². The summed E-state index contributed by atoms with van der Waals surface area (Å²) in [7, 11) is 0. The van der Waals surface area contributed by atoms with Crippen LogP contribution in [0.5, 0.6) is 0 Å². The topological polar surface area (TPSA) is 37.8 Å². The molecule has 0 unspecified atom stereocenters. The van der Waals surface area contributed by atoms with Crippen LogP contribution in [0.25, 0.3) is 12.2 Å². The van der Waals surface area contributed by atoms with Gasteiger partial charge in [0.05, 0.1) is 5.69 Å². The molecule has 3 heteroatoms. The predicted molar refractivity (Wildman–Crippen MR) is 84.1 cm³/mol. The van der Waals surface area contributed by atoms with Crippen LogP contribution in [0.4, 0.5) is 5.82 Å². The Kier molecular flexibility index (Phi) is 5.28. The van der Waals surface area contributed by atoms with E-state index in [0.29, 0.717) is 0 Å². The van der Waals surface area contributed by atoms with Gasteiger partial charge in [-0.15, -0.1) is 5.10 Å². The fraction of sp³-hybridized carbons (Fsp3) is 0.500. The molecule has 0 bridgehead atoms. The van der Waals surface area contributed by atoms with Gasteiger partial charge in [-0.25, -0.2) is 0 Å². The molecule has 1 aromatic rings. The second-order valence-corrected chi connectivity index (χ2v) is 5.54. The number of hydrogen-bond acceptors (Lipinski definition) is 3. The Balaban J connectivity index is 3.10. The zero-order chi connectivity index (χ0) is 14.5. The molecule has 19 heavy (non-hydrogen) atoms. The molecule has 1 heterocycles. The van der Waals surface area contributed by atoms with Crippen LogP contribution in [-0.4, -0.2) is 16.7 Å². The molecule has 0 spiro atoms. The van der Waals surface area contributed by atoms with Gasteiger partial charge in [0.15, 0.2) is 5.82 Å². The van der Waals surface area contributed by atoms with Crippen molar-refractivity contribution in [2.24, 2.45) is 5.41 Å². The number of nitrogens with one attached hydrogen (secondary N) is 1. The minimum Gasteiger partial charge on any atom is -0.368 e. The first-order chi connectivity index (χ1) is 8.95. The van der Waals surface area contributed by atoms with E-state index >= 15 is 0 Å². The monoisotopic (exact) mass is 259 g/mol. The summed E-state index contributed by atoms with van der Waals surface area (Å²) >= 11 is 0. The largest absolute Gasteiger partial charge is 0.368 e. The Labute approximate surface area is 116 Å². The van der Waals surface area contributed by atoms with Gasteiger partial charge in [0.1, 0.15) is 0 Å². The molecule has 0 aliphatic heterocycles. The summed E-state index contributed by atoms with van der Waals surface area (Å²) in [5, 5.41) is 11.9. The third-order valence-electron chi connectivity index (χ3n) is 3.46. The van der Waals surface area contributed by atoms with E-state index in [0.717, 1.165) is 35.6 Å². The number of nitrogens with zero attached hydrogens (tertiary/aromatic N) is 2. The number of aryl methyl sites for hydroxylation is 1. The highest BCUT2D eigenvalue weighted by Crippen LogP contribution is 2.25. The molecule has 1 N–H and O–H groups in total. The van der Waals surface area contributed by atoms with E-state index in [1.54, 1.807) is 0 Å². The number of aromatic nitrogens is 2. The maximum absolute atomic E-state index is 4.28. The van der Waals surface area contributed by atoms with Gasteiger partial charge in [-0.3, -0.25) is 0 Å². The Bertz CT molecular complexity index is 473. The zero-order valence-corrected chi connectivity index (χ0v) is 12.7. The zero-order valence-electron chi connectivity index (χ0n) is 12.7. The van der Waals surface area contributed by atoms with Crippen LogP contribution in [0, 0.1) is 12.3 Å². The third kappa shape index (κ3) is 3.91. The Morgan fingerprint density at radius 3 is 2.47 bits per heavy atom. The van der Waals surface area contributed by atoms with Crippen molar-refractivity contribution in [3.63, 3.8) is 0 Å². The Morgan fingerprint density at radius 1 is 1.26 bits per heavy atom. The molecule has 0 saturated heterocycles. The lowest BCUT2D eigenvalue weighted by Gasteiger charge is -2.24. The first kappa shape index (κ1) is 15.4. The molecule has 0 saturated carbocycles. The Hall–Kier alpha value is -1.64. The SMILES string of the molecule is C=Cc1c(C)nnc(NCC(C)(C)CC)c1/C=C\C. The summed E-state index contributed by atoms with van der Waals surface area (Å²) in [5.41, 5.74) is 3.26. The fourth-order valence-electron chi connectivity index (χ4n) is 1.73.